The van der Waals surface area contributed by atoms with Crippen LogP contribution in [0.3, 0.4) is 0 Å². The highest BCUT2D eigenvalue weighted by atomic mass is 16.5. The van der Waals surface area contributed by atoms with Crippen LogP contribution >= 0.6 is 0 Å². The Hall–Kier alpha value is -2.76. The molecule has 6 nitrogen and oxygen atoms in total. The summed E-state index contributed by atoms with van der Waals surface area (Å²) in [5.74, 6) is 1.63. The quantitative estimate of drug-likeness (QED) is 0.408. The van der Waals surface area contributed by atoms with Gasteiger partial charge in [-0.25, -0.2) is 0 Å². The molecule has 28 heavy (non-hydrogen) atoms. The van der Waals surface area contributed by atoms with Gasteiger partial charge in [-0.15, -0.1) is 0 Å². The van der Waals surface area contributed by atoms with E-state index in [2.05, 4.69) is 17.1 Å². The SMILES string of the molecule is CCOC(=O)CC1CC1c1ccc(OCCCN=c2ccccn2O)c(C)c1. The number of ether oxygens (including phenoxy) is 2. The average molecular weight is 384 g/mol. The maximum atomic E-state index is 11.6. The number of carbonyl (C=O) groups is 1. The molecule has 2 atom stereocenters. The van der Waals surface area contributed by atoms with Crippen LogP contribution in [0, 0.1) is 12.8 Å². The maximum absolute atomic E-state index is 11.6. The van der Waals surface area contributed by atoms with Crippen molar-refractivity contribution in [1.29, 1.82) is 0 Å². The van der Waals surface area contributed by atoms with Crippen LogP contribution in [0.1, 0.15) is 43.2 Å². The summed E-state index contributed by atoms with van der Waals surface area (Å²) in [7, 11) is 0. The van der Waals surface area contributed by atoms with E-state index >= 15 is 0 Å². The van der Waals surface area contributed by atoms with Gasteiger partial charge in [-0.3, -0.25) is 9.79 Å². The Labute approximate surface area is 165 Å². The predicted octanol–water partition coefficient (Wildman–Crippen LogP) is 3.46. The standard InChI is InChI=1S/C22H28N2O4/c1-3-27-22(25)15-18-14-19(18)17-8-9-20(16(2)13-17)28-12-6-10-23-21-7-4-5-11-24(21)26/h4-5,7-9,11,13,18-19,26H,3,6,10,12,14-15H2,1-2H3. The highest BCUT2D eigenvalue weighted by Crippen LogP contribution is 2.50. The number of pyridine rings is 1. The van der Waals surface area contributed by atoms with Gasteiger partial charge in [0, 0.05) is 25.6 Å². The van der Waals surface area contributed by atoms with Gasteiger partial charge in [0.15, 0.2) is 5.49 Å². The molecule has 0 radical (unpaired) electrons. The second-order valence-electron chi connectivity index (χ2n) is 7.12. The van der Waals surface area contributed by atoms with Gasteiger partial charge in [0.25, 0.3) is 0 Å². The molecular formula is C22H28N2O4. The molecule has 2 aromatic rings. The van der Waals surface area contributed by atoms with E-state index in [1.807, 2.05) is 26.0 Å². The maximum Gasteiger partial charge on any atom is 0.306 e. The molecule has 0 aliphatic heterocycles. The average Bonchev–Trinajstić information content (AvgIpc) is 3.43. The van der Waals surface area contributed by atoms with Crippen LogP contribution in [0.2, 0.25) is 0 Å². The molecule has 1 N–H and O–H groups in total. The van der Waals surface area contributed by atoms with Gasteiger partial charge in [-0.05, 0) is 61.4 Å². The van der Waals surface area contributed by atoms with E-state index < -0.39 is 0 Å². The summed E-state index contributed by atoms with van der Waals surface area (Å²) < 4.78 is 11.9. The minimum atomic E-state index is -0.0979. The van der Waals surface area contributed by atoms with Crippen molar-refractivity contribution >= 4 is 5.97 Å². The lowest BCUT2D eigenvalue weighted by atomic mass is 10.0. The number of nitrogens with zero attached hydrogens (tertiary/aromatic N) is 2. The van der Waals surface area contributed by atoms with Crippen LogP contribution in [0.15, 0.2) is 47.6 Å². The molecule has 0 saturated heterocycles. The molecule has 1 fully saturated rings. The van der Waals surface area contributed by atoms with Crippen molar-refractivity contribution in [2.75, 3.05) is 19.8 Å². The minimum absolute atomic E-state index is 0.0979. The third-order valence-corrected chi connectivity index (χ3v) is 4.94. The van der Waals surface area contributed by atoms with Crippen molar-refractivity contribution in [1.82, 2.24) is 4.73 Å². The molecule has 1 saturated carbocycles. The number of aromatic nitrogens is 1. The van der Waals surface area contributed by atoms with Crippen LogP contribution in [-0.4, -0.2) is 35.7 Å². The molecule has 0 amide bonds. The van der Waals surface area contributed by atoms with Crippen LogP contribution in [-0.2, 0) is 9.53 Å². The highest BCUT2D eigenvalue weighted by molar-refractivity contribution is 5.70. The third kappa shape index (κ3) is 5.38. The molecule has 6 heteroatoms. The van der Waals surface area contributed by atoms with Gasteiger partial charge in [0.2, 0.25) is 0 Å². The summed E-state index contributed by atoms with van der Waals surface area (Å²) >= 11 is 0. The first-order chi connectivity index (χ1) is 13.6. The van der Waals surface area contributed by atoms with E-state index in [4.69, 9.17) is 9.47 Å². The molecule has 2 unspecified atom stereocenters. The summed E-state index contributed by atoms with van der Waals surface area (Å²) in [6, 6.07) is 11.6. The fraction of sp³-hybridized carbons (Fsp3) is 0.455. The van der Waals surface area contributed by atoms with Crippen molar-refractivity contribution < 1.29 is 19.5 Å². The number of rotatable bonds is 9. The molecule has 0 spiro atoms. The van der Waals surface area contributed by atoms with E-state index in [-0.39, 0.29) is 5.97 Å². The highest BCUT2D eigenvalue weighted by Gasteiger charge is 2.40. The Kier molecular flexibility index (Phi) is 6.74. The van der Waals surface area contributed by atoms with Gasteiger partial charge >= 0.3 is 5.97 Å². The van der Waals surface area contributed by atoms with Crippen molar-refractivity contribution in [2.24, 2.45) is 10.9 Å². The van der Waals surface area contributed by atoms with Crippen LogP contribution in [0.4, 0.5) is 0 Å². The molecule has 150 valence electrons. The normalized spacial score (nSPS) is 18.7. The van der Waals surface area contributed by atoms with Crippen molar-refractivity contribution in [2.45, 2.75) is 39.0 Å². The van der Waals surface area contributed by atoms with Crippen molar-refractivity contribution in [3.05, 3.63) is 59.2 Å². The number of esters is 1. The first kappa shape index (κ1) is 20.0. The first-order valence-corrected chi connectivity index (χ1v) is 9.85. The smallest absolute Gasteiger partial charge is 0.306 e. The van der Waals surface area contributed by atoms with Gasteiger partial charge < -0.3 is 14.7 Å². The minimum Gasteiger partial charge on any atom is -0.493 e. The van der Waals surface area contributed by atoms with E-state index in [1.165, 1.54) is 5.56 Å². The molecule has 1 aliphatic rings. The molecule has 1 heterocycles. The second kappa shape index (κ2) is 9.44. The predicted molar refractivity (Wildman–Crippen MR) is 105 cm³/mol. The lowest BCUT2D eigenvalue weighted by Crippen LogP contribution is -2.17. The Balaban J connectivity index is 1.45. The number of aryl methyl sites for hydroxylation is 1. The molecule has 1 aliphatic carbocycles. The van der Waals surface area contributed by atoms with E-state index in [1.54, 1.807) is 18.3 Å². The third-order valence-electron chi connectivity index (χ3n) is 4.94. The number of benzene rings is 1. The fourth-order valence-corrected chi connectivity index (χ4v) is 3.37. The second-order valence-corrected chi connectivity index (χ2v) is 7.12. The zero-order valence-electron chi connectivity index (χ0n) is 16.5. The Morgan fingerprint density at radius 1 is 1.32 bits per heavy atom. The van der Waals surface area contributed by atoms with Gasteiger partial charge in [-0.2, -0.15) is 4.73 Å². The lowest BCUT2D eigenvalue weighted by Gasteiger charge is -2.10. The van der Waals surface area contributed by atoms with Crippen molar-refractivity contribution in [3.63, 3.8) is 0 Å². The Morgan fingerprint density at radius 3 is 2.93 bits per heavy atom. The number of hydrogen-bond acceptors (Lipinski definition) is 5. The van der Waals surface area contributed by atoms with Crippen LogP contribution < -0.4 is 10.2 Å². The molecule has 3 rings (SSSR count). The van der Waals surface area contributed by atoms with Crippen LogP contribution in [0.25, 0.3) is 0 Å². The molecule has 0 bridgehead atoms. The lowest BCUT2D eigenvalue weighted by molar-refractivity contribution is -0.143. The fourth-order valence-electron chi connectivity index (χ4n) is 3.37. The van der Waals surface area contributed by atoms with Gasteiger partial charge in [-0.1, -0.05) is 18.2 Å². The summed E-state index contributed by atoms with van der Waals surface area (Å²) in [6.45, 7) is 5.48. The van der Waals surface area contributed by atoms with Crippen molar-refractivity contribution in [3.8, 4) is 5.75 Å². The number of carbonyl (C=O) groups excluding carboxylic acids is 1. The van der Waals surface area contributed by atoms with Gasteiger partial charge in [0.05, 0.1) is 13.2 Å². The van der Waals surface area contributed by atoms with Gasteiger partial charge in [0.1, 0.15) is 5.75 Å². The van der Waals surface area contributed by atoms with E-state index in [0.717, 1.165) is 28.9 Å². The summed E-state index contributed by atoms with van der Waals surface area (Å²) in [6.07, 6.45) is 3.87. The first-order valence-electron chi connectivity index (χ1n) is 9.85. The summed E-state index contributed by atoms with van der Waals surface area (Å²) in [4.78, 5) is 16.0. The largest absolute Gasteiger partial charge is 0.493 e. The zero-order valence-corrected chi connectivity index (χ0v) is 16.5. The molecule has 1 aromatic heterocycles. The number of hydrogen-bond donors (Lipinski definition) is 1. The Morgan fingerprint density at radius 2 is 2.18 bits per heavy atom. The zero-order chi connectivity index (χ0) is 19.9. The monoisotopic (exact) mass is 384 g/mol. The van der Waals surface area contributed by atoms with E-state index in [9.17, 15) is 10.0 Å². The molecular weight excluding hydrogens is 356 g/mol. The van der Waals surface area contributed by atoms with Crippen LogP contribution in [0.5, 0.6) is 5.75 Å². The molecule has 1 aromatic carbocycles. The Bertz CT molecular complexity index is 875. The van der Waals surface area contributed by atoms with E-state index in [0.29, 0.717) is 43.5 Å². The summed E-state index contributed by atoms with van der Waals surface area (Å²) in [5, 5.41) is 9.62. The topological polar surface area (TPSA) is 73.0 Å². The summed E-state index contributed by atoms with van der Waals surface area (Å²) in [5.41, 5.74) is 2.91.